The van der Waals surface area contributed by atoms with E-state index in [0.717, 1.165) is 13.0 Å². The van der Waals surface area contributed by atoms with Gasteiger partial charge < -0.3 is 15.5 Å². The van der Waals surface area contributed by atoms with Gasteiger partial charge >= 0.3 is 6.18 Å². The van der Waals surface area contributed by atoms with Crippen molar-refractivity contribution in [2.45, 2.75) is 37.5 Å². The molecular weight excluding hydrogens is 395 g/mol. The average molecular weight is 417 g/mol. The Morgan fingerprint density at radius 3 is 2.83 bits per heavy atom. The van der Waals surface area contributed by atoms with E-state index in [1.165, 1.54) is 0 Å². The Labute approximate surface area is 172 Å². The molecule has 0 saturated carbocycles. The van der Waals surface area contributed by atoms with E-state index < -0.39 is 18.1 Å². The number of rotatable bonds is 3. The molecule has 158 valence electrons. The van der Waals surface area contributed by atoms with Crippen molar-refractivity contribution in [1.29, 1.82) is 5.26 Å². The van der Waals surface area contributed by atoms with Gasteiger partial charge in [-0.25, -0.2) is 0 Å². The molecule has 2 aliphatic heterocycles. The molecule has 2 saturated heterocycles. The van der Waals surface area contributed by atoms with Crippen LogP contribution in [0.5, 0.6) is 0 Å². The second-order valence-corrected chi connectivity index (χ2v) is 7.88. The van der Waals surface area contributed by atoms with Gasteiger partial charge in [0.25, 0.3) is 0 Å². The largest absolute Gasteiger partial charge is 0.393 e. The van der Waals surface area contributed by atoms with E-state index in [9.17, 15) is 23.2 Å². The number of aromatic nitrogens is 1. The summed E-state index contributed by atoms with van der Waals surface area (Å²) in [6, 6.07) is 7.81. The predicted octanol–water partition coefficient (Wildman–Crippen LogP) is 2.73. The van der Waals surface area contributed by atoms with Crippen LogP contribution in [0.25, 0.3) is 10.9 Å². The second kappa shape index (κ2) is 8.11. The maximum atomic E-state index is 13.7. The Hall–Kier alpha value is -2.86. The van der Waals surface area contributed by atoms with E-state index in [1.54, 1.807) is 35.4 Å². The molecule has 9 heteroatoms. The highest BCUT2D eigenvalue weighted by molar-refractivity contribution is 5.95. The fraction of sp³-hybridized carbons (Fsp3) is 0.476. The fourth-order valence-electron chi connectivity index (χ4n) is 4.37. The number of fused-ring (bicyclic) bond motifs is 1. The zero-order chi connectivity index (χ0) is 21.3. The molecule has 2 N–H and O–H groups in total. The van der Waals surface area contributed by atoms with Crippen LogP contribution in [0.15, 0.2) is 30.5 Å². The highest BCUT2D eigenvalue weighted by Gasteiger charge is 2.45. The van der Waals surface area contributed by atoms with E-state index in [1.807, 2.05) is 0 Å². The van der Waals surface area contributed by atoms with Crippen LogP contribution in [0.1, 0.15) is 24.8 Å². The van der Waals surface area contributed by atoms with Crippen molar-refractivity contribution in [1.82, 2.24) is 15.6 Å². The number of halogens is 3. The number of nitriles is 1. The van der Waals surface area contributed by atoms with E-state index >= 15 is 0 Å². The monoisotopic (exact) mass is 417 g/mol. The molecule has 30 heavy (non-hydrogen) atoms. The lowest BCUT2D eigenvalue weighted by Gasteiger charge is -2.40. The highest BCUT2D eigenvalue weighted by atomic mass is 19.4. The van der Waals surface area contributed by atoms with Crippen LogP contribution in [0.4, 0.5) is 18.9 Å². The Morgan fingerprint density at radius 1 is 1.30 bits per heavy atom. The Morgan fingerprint density at radius 2 is 2.13 bits per heavy atom. The topological polar surface area (TPSA) is 81.0 Å². The molecule has 2 fully saturated rings. The van der Waals surface area contributed by atoms with Crippen LogP contribution in [0, 0.1) is 17.2 Å². The Balaban J connectivity index is 1.64. The summed E-state index contributed by atoms with van der Waals surface area (Å²) in [4.78, 5) is 18.4. The van der Waals surface area contributed by atoms with Crippen molar-refractivity contribution < 1.29 is 18.0 Å². The van der Waals surface area contributed by atoms with Crippen LogP contribution < -0.4 is 15.5 Å². The molecular formula is C21H22F3N5O. The SMILES string of the molecule is N#Cc1ccc(N2C[C@H](NC(=O)C3CCCN3)C[C@H](C(F)(F)F)C2)c2cccnc12. The van der Waals surface area contributed by atoms with Crippen molar-refractivity contribution in [3.8, 4) is 6.07 Å². The fourth-order valence-corrected chi connectivity index (χ4v) is 4.37. The van der Waals surface area contributed by atoms with Crippen molar-refractivity contribution in [2.75, 3.05) is 24.5 Å². The Kier molecular flexibility index (Phi) is 5.52. The summed E-state index contributed by atoms with van der Waals surface area (Å²) in [5.41, 5.74) is 1.42. The maximum absolute atomic E-state index is 13.7. The van der Waals surface area contributed by atoms with Gasteiger partial charge in [-0.1, -0.05) is 0 Å². The van der Waals surface area contributed by atoms with Gasteiger partial charge in [0, 0.05) is 36.4 Å². The summed E-state index contributed by atoms with van der Waals surface area (Å²) < 4.78 is 41.0. The lowest BCUT2D eigenvalue weighted by molar-refractivity contribution is -0.178. The molecule has 2 aromatic rings. The van der Waals surface area contributed by atoms with Gasteiger partial charge in [0.2, 0.25) is 5.91 Å². The van der Waals surface area contributed by atoms with Crippen LogP contribution >= 0.6 is 0 Å². The van der Waals surface area contributed by atoms with Crippen LogP contribution in [-0.2, 0) is 4.79 Å². The molecule has 1 aromatic carbocycles. The maximum Gasteiger partial charge on any atom is 0.393 e. The Bertz CT molecular complexity index is 981. The predicted molar refractivity (Wildman–Crippen MR) is 106 cm³/mol. The minimum Gasteiger partial charge on any atom is -0.368 e. The normalized spacial score (nSPS) is 24.6. The van der Waals surface area contributed by atoms with Gasteiger partial charge in [0.15, 0.2) is 0 Å². The molecule has 6 nitrogen and oxygen atoms in total. The number of nitrogens with zero attached hydrogens (tertiary/aromatic N) is 3. The summed E-state index contributed by atoms with van der Waals surface area (Å²) in [7, 11) is 0. The molecule has 3 atom stereocenters. The summed E-state index contributed by atoms with van der Waals surface area (Å²) in [5.74, 6) is -1.80. The summed E-state index contributed by atoms with van der Waals surface area (Å²) in [6.07, 6.45) is -1.39. The van der Waals surface area contributed by atoms with Gasteiger partial charge in [-0.3, -0.25) is 9.78 Å². The quantitative estimate of drug-likeness (QED) is 0.803. The van der Waals surface area contributed by atoms with Crippen molar-refractivity contribution in [3.05, 3.63) is 36.0 Å². The van der Waals surface area contributed by atoms with Crippen molar-refractivity contribution in [2.24, 2.45) is 5.92 Å². The zero-order valence-electron chi connectivity index (χ0n) is 16.2. The average Bonchev–Trinajstić information content (AvgIpc) is 3.27. The third kappa shape index (κ3) is 4.05. The van der Waals surface area contributed by atoms with Gasteiger partial charge in [-0.05, 0) is 50.1 Å². The number of carbonyl (C=O) groups excluding carboxylic acids is 1. The minimum atomic E-state index is -4.37. The van der Waals surface area contributed by atoms with Gasteiger partial charge in [-0.2, -0.15) is 18.4 Å². The number of anilines is 1. The zero-order valence-corrected chi connectivity index (χ0v) is 16.2. The first kappa shape index (κ1) is 20.4. The van der Waals surface area contributed by atoms with Gasteiger partial charge in [0.1, 0.15) is 6.07 Å². The molecule has 1 unspecified atom stereocenters. The first-order valence-electron chi connectivity index (χ1n) is 10.00. The third-order valence-electron chi connectivity index (χ3n) is 5.84. The molecule has 0 aliphatic carbocycles. The van der Waals surface area contributed by atoms with Crippen LogP contribution in [0.2, 0.25) is 0 Å². The highest BCUT2D eigenvalue weighted by Crippen LogP contribution is 2.37. The first-order valence-corrected chi connectivity index (χ1v) is 10.00. The number of alkyl halides is 3. The molecule has 1 aromatic heterocycles. The number of benzene rings is 1. The minimum absolute atomic E-state index is 0.148. The smallest absolute Gasteiger partial charge is 0.368 e. The number of hydrogen-bond donors (Lipinski definition) is 2. The van der Waals surface area contributed by atoms with E-state index in [4.69, 9.17) is 0 Å². The van der Waals surface area contributed by atoms with Crippen molar-refractivity contribution in [3.63, 3.8) is 0 Å². The summed E-state index contributed by atoms with van der Waals surface area (Å²) in [6.45, 7) is 0.804. The molecule has 0 radical (unpaired) electrons. The van der Waals surface area contributed by atoms with E-state index in [-0.39, 0.29) is 31.5 Å². The first-order chi connectivity index (χ1) is 14.4. The van der Waals surface area contributed by atoms with Crippen LogP contribution in [-0.4, -0.2) is 48.8 Å². The molecule has 3 heterocycles. The molecule has 4 rings (SSSR count). The van der Waals surface area contributed by atoms with Crippen LogP contribution in [0.3, 0.4) is 0 Å². The standard InChI is InChI=1S/C21H22F3N5O/c22-21(23,24)14-9-15(28-20(30)17-4-2-7-26-17)12-29(11-14)18-6-5-13(10-25)19-16(18)3-1-8-27-19/h1,3,5-6,8,14-15,17,26H,2,4,7,9,11-12H2,(H,28,30)/t14-,15+,17?/m0/s1. The number of hydrogen-bond acceptors (Lipinski definition) is 5. The molecule has 0 spiro atoms. The van der Waals surface area contributed by atoms with Gasteiger partial charge in [-0.15, -0.1) is 0 Å². The number of nitrogens with one attached hydrogen (secondary N) is 2. The molecule has 2 aliphatic rings. The summed E-state index contributed by atoms with van der Waals surface area (Å²) in [5, 5.41) is 15.9. The lowest BCUT2D eigenvalue weighted by Crippen LogP contribution is -2.56. The van der Waals surface area contributed by atoms with Gasteiger partial charge in [0.05, 0.1) is 23.0 Å². The number of amides is 1. The van der Waals surface area contributed by atoms with E-state index in [0.29, 0.717) is 28.6 Å². The lowest BCUT2D eigenvalue weighted by atomic mass is 9.92. The molecule has 0 bridgehead atoms. The van der Waals surface area contributed by atoms with Crippen molar-refractivity contribution >= 4 is 22.5 Å². The summed E-state index contributed by atoms with van der Waals surface area (Å²) >= 11 is 0. The number of pyridine rings is 1. The number of piperidine rings is 1. The second-order valence-electron chi connectivity index (χ2n) is 7.88. The number of carbonyl (C=O) groups is 1. The van der Waals surface area contributed by atoms with E-state index in [2.05, 4.69) is 21.7 Å². The molecule has 1 amide bonds. The third-order valence-corrected chi connectivity index (χ3v) is 5.84.